The summed E-state index contributed by atoms with van der Waals surface area (Å²) < 4.78 is 5.54. The van der Waals surface area contributed by atoms with Crippen molar-refractivity contribution in [3.8, 4) is 22.6 Å². The number of nitrogens with zero attached hydrogens (tertiary/aromatic N) is 1. The molecule has 0 spiro atoms. The van der Waals surface area contributed by atoms with Crippen LogP contribution in [-0.2, 0) is 20.1 Å². The van der Waals surface area contributed by atoms with E-state index in [4.69, 9.17) is 37.6 Å². The molecule has 185 valence electrons. The molecule has 3 nitrogen and oxygen atoms in total. The Bertz CT molecular complexity index is 1310. The van der Waals surface area contributed by atoms with Crippen LogP contribution in [0.3, 0.4) is 0 Å². The first kappa shape index (κ1) is 28.3. The minimum absolute atomic E-state index is 0.250. The second-order valence-electron chi connectivity index (χ2n) is 8.42. The van der Waals surface area contributed by atoms with E-state index >= 15 is 0 Å². The van der Waals surface area contributed by atoms with Crippen LogP contribution in [0.15, 0.2) is 102 Å². The molecule has 0 aliphatic heterocycles. The molecule has 0 aromatic heterocycles. The monoisotopic (exact) mass is 574 g/mol. The van der Waals surface area contributed by atoms with E-state index < -0.39 is 14.7 Å². The Morgan fingerprint density at radius 1 is 0.778 bits per heavy atom. The summed E-state index contributed by atoms with van der Waals surface area (Å²) in [5.74, 6) is 1.05. The molecule has 0 saturated carbocycles. The van der Waals surface area contributed by atoms with Crippen molar-refractivity contribution in [2.45, 2.75) is 19.3 Å². The number of phenolic OH excluding ortho intramolecular Hbond substituents is 1. The fourth-order valence-corrected chi connectivity index (χ4v) is 4.00. The molecule has 4 aromatic rings. The second kappa shape index (κ2) is 13.3. The summed E-state index contributed by atoms with van der Waals surface area (Å²) in [5, 5.41) is 11.1. The molecule has 0 bridgehead atoms. The molecule has 0 amide bonds. The Kier molecular flexibility index (Phi) is 10.5. The van der Waals surface area contributed by atoms with E-state index in [0.717, 1.165) is 33.7 Å². The van der Waals surface area contributed by atoms with Crippen molar-refractivity contribution in [1.29, 1.82) is 0 Å². The number of ether oxygens (including phenoxy) is 1. The van der Waals surface area contributed by atoms with Crippen LogP contribution in [0, 0.1) is 0 Å². The molecule has 0 aliphatic rings. The normalized spacial score (nSPS) is 11.1. The van der Waals surface area contributed by atoms with Gasteiger partial charge in [-0.25, -0.2) is 0 Å². The van der Waals surface area contributed by atoms with Crippen molar-refractivity contribution < 1.29 is 24.5 Å². The number of benzene rings is 4. The summed E-state index contributed by atoms with van der Waals surface area (Å²) in [7, 11) is 16.6. The number of methoxy groups -OCH3 is 1. The van der Waals surface area contributed by atoms with Crippen molar-refractivity contribution in [1.82, 2.24) is 0 Å². The summed E-state index contributed by atoms with van der Waals surface area (Å²) in [5.41, 5.74) is 5.11. The summed E-state index contributed by atoms with van der Waals surface area (Å²) >= 11 is -1.92. The Morgan fingerprint density at radius 2 is 1.36 bits per heavy atom. The van der Waals surface area contributed by atoms with Crippen molar-refractivity contribution >= 4 is 39.8 Å². The molecule has 4 rings (SSSR count). The summed E-state index contributed by atoms with van der Waals surface area (Å²) in [6.45, 7) is 4.24. The van der Waals surface area contributed by atoms with E-state index in [1.807, 2.05) is 84.9 Å². The van der Waals surface area contributed by atoms with Gasteiger partial charge in [0.2, 0.25) is 0 Å². The Labute approximate surface area is 230 Å². The molecule has 1 N–H and O–H groups in total. The van der Waals surface area contributed by atoms with Crippen LogP contribution in [0.25, 0.3) is 11.1 Å². The first-order valence-corrected chi connectivity index (χ1v) is 17.7. The molecule has 0 aliphatic carbocycles. The van der Waals surface area contributed by atoms with Gasteiger partial charge < -0.3 is 9.84 Å². The van der Waals surface area contributed by atoms with Crippen LogP contribution in [0.2, 0.25) is 0 Å². The molecule has 0 unspecified atom stereocenters. The zero-order chi connectivity index (χ0) is 26.1. The third-order valence-corrected chi connectivity index (χ3v) is 5.88. The van der Waals surface area contributed by atoms with E-state index in [1.165, 1.54) is 0 Å². The van der Waals surface area contributed by atoms with E-state index in [0.29, 0.717) is 5.56 Å². The number of hydrogen-bond acceptors (Lipinski definition) is 3. The van der Waals surface area contributed by atoms with Gasteiger partial charge in [0.1, 0.15) is 11.5 Å². The molecule has 0 atom stereocenters. The molecule has 36 heavy (non-hydrogen) atoms. The van der Waals surface area contributed by atoms with E-state index in [1.54, 1.807) is 13.3 Å². The maximum atomic E-state index is 11.1. The average Bonchev–Trinajstić information content (AvgIpc) is 2.88. The van der Waals surface area contributed by atoms with Crippen molar-refractivity contribution in [3.63, 3.8) is 0 Å². The standard InChI is InChI=1S/C29H27NO2.3ClH.Ti/c1-29(2,22-13-5-4-6-14-22)25-17-11-12-21(28(25)31)20-30-26-18-9-7-15-23(26)24-16-8-10-19-27(24)32-3;;;;/h4-20,31H,1-3H3;3*1H;/q;;;;+3/p-3. The fourth-order valence-electron chi connectivity index (χ4n) is 4.00. The topological polar surface area (TPSA) is 41.8 Å². The van der Waals surface area contributed by atoms with Gasteiger partial charge in [-0.05, 0) is 23.8 Å². The zero-order valence-electron chi connectivity index (χ0n) is 20.3. The molecule has 0 radical (unpaired) electrons. The van der Waals surface area contributed by atoms with Gasteiger partial charge in [-0.15, -0.1) is 0 Å². The first-order valence-electron chi connectivity index (χ1n) is 11.2. The predicted molar refractivity (Wildman–Crippen MR) is 150 cm³/mol. The number of hydrogen-bond donors (Lipinski definition) is 1. The predicted octanol–water partition coefficient (Wildman–Crippen LogP) is 9.21. The van der Waals surface area contributed by atoms with Crippen molar-refractivity contribution in [2.24, 2.45) is 4.99 Å². The fraction of sp³-hybridized carbons (Fsp3) is 0.138. The van der Waals surface area contributed by atoms with Gasteiger partial charge in [0.15, 0.2) is 0 Å². The Hall–Kier alpha value is -2.27. The van der Waals surface area contributed by atoms with Crippen LogP contribution >= 0.6 is 27.9 Å². The number of para-hydroxylation sites is 3. The minimum atomic E-state index is -1.92. The summed E-state index contributed by atoms with van der Waals surface area (Å²) in [4.78, 5) is 4.74. The quantitative estimate of drug-likeness (QED) is 0.184. The SMILES string of the molecule is COc1ccccc1-c1ccccc1N=Cc1cccc(C(C)(C)c2ccccc2)c1O.[Cl][Ti]([Cl])[Cl]. The van der Waals surface area contributed by atoms with E-state index in [-0.39, 0.29) is 11.2 Å². The molecule has 0 saturated heterocycles. The number of halogens is 3. The number of aliphatic imine (C=N–C) groups is 1. The Morgan fingerprint density at radius 3 is 2.03 bits per heavy atom. The van der Waals surface area contributed by atoms with Gasteiger partial charge in [0.05, 0.1) is 12.8 Å². The summed E-state index contributed by atoms with van der Waals surface area (Å²) in [6, 6.07) is 31.9. The van der Waals surface area contributed by atoms with Crippen LogP contribution in [0.1, 0.15) is 30.5 Å². The average molecular weight is 576 g/mol. The first-order chi connectivity index (χ1) is 17.3. The van der Waals surface area contributed by atoms with Crippen LogP contribution in [0.4, 0.5) is 5.69 Å². The van der Waals surface area contributed by atoms with Crippen LogP contribution < -0.4 is 4.74 Å². The van der Waals surface area contributed by atoms with Gasteiger partial charge in [-0.1, -0.05) is 92.7 Å². The molecular weight excluding hydrogens is 549 g/mol. The van der Waals surface area contributed by atoms with Crippen molar-refractivity contribution in [2.75, 3.05) is 7.11 Å². The van der Waals surface area contributed by atoms with Crippen LogP contribution in [0.5, 0.6) is 11.5 Å². The summed E-state index contributed by atoms with van der Waals surface area (Å²) in [6.07, 6.45) is 1.73. The van der Waals surface area contributed by atoms with Crippen LogP contribution in [-0.4, -0.2) is 18.4 Å². The maximum absolute atomic E-state index is 11.1. The molecule has 4 aromatic carbocycles. The second-order valence-corrected chi connectivity index (χ2v) is 16.2. The van der Waals surface area contributed by atoms with Gasteiger partial charge in [-0.2, -0.15) is 0 Å². The van der Waals surface area contributed by atoms with Gasteiger partial charge in [0, 0.05) is 33.9 Å². The third-order valence-electron chi connectivity index (χ3n) is 5.88. The van der Waals surface area contributed by atoms with Gasteiger partial charge in [0.25, 0.3) is 0 Å². The molecular formula is C29H27Cl3NO2Ti. The molecule has 0 fully saturated rings. The van der Waals surface area contributed by atoms with Crippen molar-refractivity contribution in [3.05, 3.63) is 114 Å². The third kappa shape index (κ3) is 7.15. The number of phenols is 1. The number of aromatic hydroxyl groups is 1. The zero-order valence-corrected chi connectivity index (χ0v) is 24.1. The van der Waals surface area contributed by atoms with E-state index in [9.17, 15) is 5.11 Å². The van der Waals surface area contributed by atoms with Gasteiger partial charge in [-0.3, -0.25) is 4.99 Å². The Balaban J connectivity index is 0.000000840. The van der Waals surface area contributed by atoms with E-state index in [2.05, 4.69) is 26.0 Å². The van der Waals surface area contributed by atoms with Gasteiger partial charge >= 0.3 is 42.6 Å². The molecule has 0 heterocycles. The molecule has 7 heteroatoms. The number of rotatable bonds is 6.